The van der Waals surface area contributed by atoms with Gasteiger partial charge in [-0.3, -0.25) is 19.1 Å². The Morgan fingerprint density at radius 3 is 2.43 bits per heavy atom. The molecule has 0 radical (unpaired) electrons. The number of benzene rings is 3. The third-order valence-electron chi connectivity index (χ3n) is 5.47. The summed E-state index contributed by atoms with van der Waals surface area (Å²) in [6.07, 6.45) is 0.0456. The SMILES string of the molecule is O=C(Cc1ccc(Cl)cc1Cl)Nc1cccc2cc(C(=O)Nc3ccc(Cl)cc3-c3noc(=O)[nH]3)[nH]c12. The van der Waals surface area contributed by atoms with Crippen molar-refractivity contribution in [3.8, 4) is 11.4 Å². The lowest BCUT2D eigenvalue weighted by Gasteiger charge is -2.09. The average Bonchev–Trinajstić information content (AvgIpc) is 3.49. The third-order valence-corrected chi connectivity index (χ3v) is 6.29. The number of halogens is 3. The van der Waals surface area contributed by atoms with Gasteiger partial charge in [-0.2, -0.15) is 0 Å². The van der Waals surface area contributed by atoms with Crippen molar-refractivity contribution in [2.24, 2.45) is 0 Å². The zero-order chi connectivity index (χ0) is 26.1. The third kappa shape index (κ3) is 5.39. The van der Waals surface area contributed by atoms with Crippen molar-refractivity contribution in [3.05, 3.63) is 97.5 Å². The first-order valence-corrected chi connectivity index (χ1v) is 11.9. The van der Waals surface area contributed by atoms with E-state index in [1.807, 2.05) is 6.07 Å². The number of amides is 2. The number of carbonyl (C=O) groups excluding carboxylic acids is 2. The second kappa shape index (κ2) is 10.1. The van der Waals surface area contributed by atoms with Gasteiger partial charge in [-0.05, 0) is 48.0 Å². The van der Waals surface area contributed by atoms with Gasteiger partial charge in [0, 0.05) is 26.0 Å². The van der Waals surface area contributed by atoms with Crippen LogP contribution in [0, 0.1) is 0 Å². The molecule has 9 nitrogen and oxygen atoms in total. The molecule has 37 heavy (non-hydrogen) atoms. The lowest BCUT2D eigenvalue weighted by Crippen LogP contribution is -2.15. The van der Waals surface area contributed by atoms with Crippen LogP contribution in [0.3, 0.4) is 0 Å². The van der Waals surface area contributed by atoms with Crippen molar-refractivity contribution in [3.63, 3.8) is 0 Å². The molecule has 0 aliphatic carbocycles. The summed E-state index contributed by atoms with van der Waals surface area (Å²) in [5.74, 6) is -1.37. The highest BCUT2D eigenvalue weighted by atomic mass is 35.5. The molecule has 12 heteroatoms. The molecule has 0 unspecified atom stereocenters. The molecule has 4 N–H and O–H groups in total. The first kappa shape index (κ1) is 24.6. The minimum absolute atomic E-state index is 0.0456. The fourth-order valence-electron chi connectivity index (χ4n) is 3.77. The quantitative estimate of drug-likeness (QED) is 0.206. The maximum Gasteiger partial charge on any atom is 0.439 e. The number of carbonyl (C=O) groups is 2. The number of para-hydroxylation sites is 1. The van der Waals surface area contributed by atoms with Gasteiger partial charge in [0.15, 0.2) is 5.82 Å². The van der Waals surface area contributed by atoms with Crippen LogP contribution in [0.15, 0.2) is 70.0 Å². The number of nitrogens with zero attached hydrogens (tertiary/aromatic N) is 1. The molecule has 2 amide bonds. The Bertz CT molecular complexity index is 1720. The number of hydrogen-bond acceptors (Lipinski definition) is 5. The Kier molecular flexibility index (Phi) is 6.75. The molecule has 3 aromatic carbocycles. The van der Waals surface area contributed by atoms with E-state index in [0.29, 0.717) is 48.5 Å². The number of anilines is 2. The minimum Gasteiger partial charge on any atom is -0.349 e. The van der Waals surface area contributed by atoms with Crippen LogP contribution < -0.4 is 16.4 Å². The molecule has 0 spiro atoms. The molecular formula is C25H16Cl3N5O4. The number of hydrogen-bond donors (Lipinski definition) is 4. The predicted molar refractivity (Wildman–Crippen MR) is 143 cm³/mol. The highest BCUT2D eigenvalue weighted by Crippen LogP contribution is 2.30. The molecule has 0 aliphatic rings. The van der Waals surface area contributed by atoms with Crippen LogP contribution in [0.4, 0.5) is 11.4 Å². The molecule has 0 saturated heterocycles. The Balaban J connectivity index is 1.38. The molecule has 5 rings (SSSR count). The monoisotopic (exact) mass is 555 g/mol. The lowest BCUT2D eigenvalue weighted by atomic mass is 10.1. The van der Waals surface area contributed by atoms with E-state index >= 15 is 0 Å². The van der Waals surface area contributed by atoms with Gasteiger partial charge in [-0.15, -0.1) is 0 Å². The first-order valence-electron chi connectivity index (χ1n) is 10.8. The average molecular weight is 557 g/mol. The van der Waals surface area contributed by atoms with E-state index in [1.165, 1.54) is 6.07 Å². The molecule has 186 valence electrons. The molecule has 5 aromatic rings. The first-order chi connectivity index (χ1) is 17.8. The Labute approximate surface area is 223 Å². The summed E-state index contributed by atoms with van der Waals surface area (Å²) >= 11 is 18.2. The van der Waals surface area contributed by atoms with Crippen LogP contribution in [-0.4, -0.2) is 26.9 Å². The molecule has 2 aromatic heterocycles. The van der Waals surface area contributed by atoms with Gasteiger partial charge in [-0.25, -0.2) is 4.79 Å². The Hall–Kier alpha value is -4.05. The number of nitrogens with one attached hydrogen (secondary N) is 4. The molecule has 0 fully saturated rings. The van der Waals surface area contributed by atoms with Gasteiger partial charge in [0.1, 0.15) is 5.69 Å². The van der Waals surface area contributed by atoms with E-state index in [9.17, 15) is 14.4 Å². The van der Waals surface area contributed by atoms with Gasteiger partial charge < -0.3 is 15.6 Å². The van der Waals surface area contributed by atoms with Crippen LogP contribution in [-0.2, 0) is 11.2 Å². The number of rotatable bonds is 6. The van der Waals surface area contributed by atoms with Crippen LogP contribution in [0.1, 0.15) is 16.1 Å². The minimum atomic E-state index is -0.740. The van der Waals surface area contributed by atoms with E-state index in [0.717, 1.165) is 0 Å². The fraction of sp³-hybridized carbons (Fsp3) is 0.0400. The number of aromatic nitrogens is 3. The van der Waals surface area contributed by atoms with Crippen molar-refractivity contribution in [2.45, 2.75) is 6.42 Å². The summed E-state index contributed by atoms with van der Waals surface area (Å²) in [7, 11) is 0. The number of fused-ring (bicyclic) bond motifs is 1. The van der Waals surface area contributed by atoms with Crippen molar-refractivity contribution in [2.75, 3.05) is 10.6 Å². The van der Waals surface area contributed by atoms with Crippen LogP contribution in [0.25, 0.3) is 22.3 Å². The summed E-state index contributed by atoms with van der Waals surface area (Å²) in [4.78, 5) is 42.7. The van der Waals surface area contributed by atoms with Gasteiger partial charge in [0.2, 0.25) is 5.91 Å². The summed E-state index contributed by atoms with van der Waals surface area (Å²) in [6.45, 7) is 0. The van der Waals surface area contributed by atoms with Crippen molar-refractivity contribution >= 4 is 68.9 Å². The van der Waals surface area contributed by atoms with Gasteiger partial charge >= 0.3 is 5.76 Å². The lowest BCUT2D eigenvalue weighted by molar-refractivity contribution is -0.115. The highest BCUT2D eigenvalue weighted by Gasteiger charge is 2.17. The summed E-state index contributed by atoms with van der Waals surface area (Å²) in [6, 6.07) is 16.6. The van der Waals surface area contributed by atoms with Gasteiger partial charge in [0.25, 0.3) is 5.91 Å². The second-order valence-corrected chi connectivity index (χ2v) is 9.28. The zero-order valence-corrected chi connectivity index (χ0v) is 21.0. The molecular weight excluding hydrogens is 541 g/mol. The molecule has 0 bridgehead atoms. The van der Waals surface area contributed by atoms with E-state index in [4.69, 9.17) is 34.8 Å². The van der Waals surface area contributed by atoms with Crippen LogP contribution >= 0.6 is 34.8 Å². The van der Waals surface area contributed by atoms with E-state index in [1.54, 1.807) is 48.5 Å². The van der Waals surface area contributed by atoms with E-state index in [-0.39, 0.29) is 23.8 Å². The van der Waals surface area contributed by atoms with Gasteiger partial charge in [-0.1, -0.05) is 58.2 Å². The van der Waals surface area contributed by atoms with Crippen LogP contribution in [0.5, 0.6) is 0 Å². The maximum absolute atomic E-state index is 13.1. The largest absolute Gasteiger partial charge is 0.439 e. The highest BCUT2D eigenvalue weighted by molar-refractivity contribution is 6.35. The summed E-state index contributed by atoms with van der Waals surface area (Å²) in [5.41, 5.74) is 2.67. The smallest absolute Gasteiger partial charge is 0.349 e. The summed E-state index contributed by atoms with van der Waals surface area (Å²) in [5, 5.41) is 11.3. The predicted octanol–water partition coefficient (Wildman–Crippen LogP) is 5.90. The number of aromatic amines is 2. The zero-order valence-electron chi connectivity index (χ0n) is 18.7. The molecule has 0 saturated carbocycles. The van der Waals surface area contributed by atoms with E-state index in [2.05, 4.69) is 30.3 Å². The second-order valence-electron chi connectivity index (χ2n) is 8.00. The standard InChI is InChI=1S/C25H16Cl3N5O4/c26-14-6-7-18(16(10-14)23-32-25(36)37-33-23)31-24(35)20-8-13-2-1-3-19(22(13)30-20)29-21(34)9-12-4-5-15(27)11-17(12)28/h1-8,10-11,30H,9H2,(H,29,34)(H,31,35)(H,32,33,36). The molecule has 0 atom stereocenters. The fourth-order valence-corrected chi connectivity index (χ4v) is 4.42. The van der Waals surface area contributed by atoms with Crippen molar-refractivity contribution in [1.82, 2.24) is 15.1 Å². The van der Waals surface area contributed by atoms with Crippen LogP contribution in [0.2, 0.25) is 15.1 Å². The van der Waals surface area contributed by atoms with Gasteiger partial charge in [0.05, 0.1) is 23.3 Å². The Morgan fingerprint density at radius 2 is 1.68 bits per heavy atom. The topological polar surface area (TPSA) is 133 Å². The molecule has 0 aliphatic heterocycles. The van der Waals surface area contributed by atoms with E-state index < -0.39 is 11.7 Å². The van der Waals surface area contributed by atoms with Crippen molar-refractivity contribution < 1.29 is 14.1 Å². The van der Waals surface area contributed by atoms with Crippen molar-refractivity contribution in [1.29, 1.82) is 0 Å². The summed E-state index contributed by atoms with van der Waals surface area (Å²) < 4.78 is 4.57. The normalized spacial score (nSPS) is 11.0. The maximum atomic E-state index is 13.1. The number of H-pyrrole nitrogens is 2. The molecule has 2 heterocycles. The Morgan fingerprint density at radius 1 is 0.892 bits per heavy atom.